The summed E-state index contributed by atoms with van der Waals surface area (Å²) in [5.74, 6) is 1.28. The van der Waals surface area contributed by atoms with E-state index in [0.717, 1.165) is 31.0 Å². The van der Waals surface area contributed by atoms with E-state index in [1.54, 1.807) is 0 Å². The Bertz CT molecular complexity index is 321. The molecule has 2 fully saturated rings. The molecule has 1 aliphatic carbocycles. The van der Waals surface area contributed by atoms with Crippen molar-refractivity contribution in [2.24, 2.45) is 23.7 Å². The van der Waals surface area contributed by atoms with Gasteiger partial charge in [0, 0.05) is 11.9 Å². The molecule has 3 unspecified atom stereocenters. The summed E-state index contributed by atoms with van der Waals surface area (Å²) < 4.78 is 0. The van der Waals surface area contributed by atoms with Gasteiger partial charge in [0.15, 0.2) is 0 Å². The maximum Gasteiger partial charge on any atom is 0.233 e. The lowest BCUT2D eigenvalue weighted by Gasteiger charge is -2.19. The van der Waals surface area contributed by atoms with E-state index in [1.807, 2.05) is 0 Å². The van der Waals surface area contributed by atoms with E-state index in [2.05, 4.69) is 29.8 Å². The number of nitrogens with zero attached hydrogens (tertiary/aromatic N) is 1. The minimum Gasteiger partial charge on any atom is -0.282 e. The molecule has 2 rings (SSSR count). The average Bonchev–Trinajstić information content (AvgIpc) is 2.79. The highest BCUT2D eigenvalue weighted by atomic mass is 79.9. The monoisotopic (exact) mass is 315 g/mol. The summed E-state index contributed by atoms with van der Waals surface area (Å²) in [7, 11) is 0. The van der Waals surface area contributed by atoms with Crippen molar-refractivity contribution < 1.29 is 9.59 Å². The second-order valence-corrected chi connectivity index (χ2v) is 6.78. The number of likely N-dealkylation sites (tertiary alicyclic amines) is 1. The second-order valence-electron chi connectivity index (χ2n) is 5.99. The normalized spacial score (nSPS) is 33.1. The SMILES string of the molecule is CC(CCBr)CCN1C(=O)C2CC(C)CC2C1=O. The van der Waals surface area contributed by atoms with Crippen LogP contribution < -0.4 is 0 Å². The minimum atomic E-state index is -0.000943. The van der Waals surface area contributed by atoms with Gasteiger partial charge in [0.2, 0.25) is 11.8 Å². The molecule has 4 heteroatoms. The molecule has 1 saturated carbocycles. The highest BCUT2D eigenvalue weighted by molar-refractivity contribution is 9.09. The van der Waals surface area contributed by atoms with Crippen molar-refractivity contribution in [2.45, 2.75) is 39.5 Å². The van der Waals surface area contributed by atoms with Crippen molar-refractivity contribution in [3.63, 3.8) is 0 Å². The summed E-state index contributed by atoms with van der Waals surface area (Å²) in [5, 5.41) is 0.985. The first kappa shape index (κ1) is 14.0. The molecule has 0 N–H and O–H groups in total. The highest BCUT2D eigenvalue weighted by Crippen LogP contribution is 2.42. The maximum atomic E-state index is 12.2. The predicted molar refractivity (Wildman–Crippen MR) is 74.3 cm³/mol. The molecule has 1 aliphatic heterocycles. The minimum absolute atomic E-state index is 0.000943. The van der Waals surface area contributed by atoms with Crippen LogP contribution in [0.3, 0.4) is 0 Å². The zero-order valence-corrected chi connectivity index (χ0v) is 12.8. The molecule has 1 saturated heterocycles. The Morgan fingerprint density at radius 3 is 2.28 bits per heavy atom. The second kappa shape index (κ2) is 5.72. The number of hydrogen-bond acceptors (Lipinski definition) is 2. The van der Waals surface area contributed by atoms with E-state index in [-0.39, 0.29) is 23.7 Å². The van der Waals surface area contributed by atoms with Crippen LogP contribution in [0.1, 0.15) is 39.5 Å². The molecule has 2 aliphatic rings. The van der Waals surface area contributed by atoms with Crippen LogP contribution in [0.4, 0.5) is 0 Å². The van der Waals surface area contributed by atoms with Crippen molar-refractivity contribution in [3.05, 3.63) is 0 Å². The molecule has 0 aromatic carbocycles. The summed E-state index contributed by atoms with van der Waals surface area (Å²) in [6.07, 6.45) is 3.84. The van der Waals surface area contributed by atoms with Crippen molar-refractivity contribution >= 4 is 27.7 Å². The number of carbonyl (C=O) groups excluding carboxylic acids is 2. The number of halogens is 1. The Hall–Kier alpha value is -0.380. The van der Waals surface area contributed by atoms with Crippen LogP contribution in [0.2, 0.25) is 0 Å². The van der Waals surface area contributed by atoms with E-state index < -0.39 is 0 Å². The molecule has 1 heterocycles. The van der Waals surface area contributed by atoms with Crippen LogP contribution in [0, 0.1) is 23.7 Å². The molecule has 102 valence electrons. The van der Waals surface area contributed by atoms with Gasteiger partial charge in [-0.15, -0.1) is 0 Å². The largest absolute Gasteiger partial charge is 0.282 e. The van der Waals surface area contributed by atoms with Gasteiger partial charge >= 0.3 is 0 Å². The molecule has 3 nitrogen and oxygen atoms in total. The van der Waals surface area contributed by atoms with Crippen molar-refractivity contribution in [2.75, 3.05) is 11.9 Å². The lowest BCUT2D eigenvalue weighted by molar-refractivity contribution is -0.140. The first-order valence-electron chi connectivity index (χ1n) is 6.95. The molecule has 3 atom stereocenters. The molecule has 2 amide bonds. The van der Waals surface area contributed by atoms with Gasteiger partial charge in [-0.25, -0.2) is 0 Å². The molecule has 0 bridgehead atoms. The summed E-state index contributed by atoms with van der Waals surface area (Å²) in [6.45, 7) is 4.93. The first-order chi connectivity index (χ1) is 8.54. The fraction of sp³-hybridized carbons (Fsp3) is 0.857. The van der Waals surface area contributed by atoms with E-state index >= 15 is 0 Å². The first-order valence-corrected chi connectivity index (χ1v) is 8.08. The van der Waals surface area contributed by atoms with Crippen molar-refractivity contribution in [1.29, 1.82) is 0 Å². The third-order valence-electron chi connectivity index (χ3n) is 4.41. The van der Waals surface area contributed by atoms with Gasteiger partial charge in [0.25, 0.3) is 0 Å². The van der Waals surface area contributed by atoms with E-state index in [9.17, 15) is 9.59 Å². The number of hydrogen-bond donors (Lipinski definition) is 0. The van der Waals surface area contributed by atoms with Gasteiger partial charge in [0.05, 0.1) is 11.8 Å². The number of alkyl halides is 1. The Kier molecular flexibility index (Phi) is 4.46. The Balaban J connectivity index is 1.91. The molecular formula is C14H22BrNO2. The van der Waals surface area contributed by atoms with Crippen molar-refractivity contribution in [1.82, 2.24) is 4.90 Å². The van der Waals surface area contributed by atoms with Crippen LogP contribution in [0.5, 0.6) is 0 Å². The van der Waals surface area contributed by atoms with Gasteiger partial charge in [-0.1, -0.05) is 29.8 Å². The highest BCUT2D eigenvalue weighted by Gasteiger charge is 2.51. The topological polar surface area (TPSA) is 37.4 Å². The van der Waals surface area contributed by atoms with Crippen LogP contribution in [0.15, 0.2) is 0 Å². The standard InChI is InChI=1S/C14H22BrNO2/c1-9(3-5-15)4-6-16-13(17)11-7-10(2)8-12(11)14(16)18/h9-12H,3-8H2,1-2H3. The number of fused-ring (bicyclic) bond motifs is 1. The number of rotatable bonds is 5. The summed E-state index contributed by atoms with van der Waals surface area (Å²) in [4.78, 5) is 26.0. The fourth-order valence-electron chi connectivity index (χ4n) is 3.25. The van der Waals surface area contributed by atoms with Crippen molar-refractivity contribution in [3.8, 4) is 0 Å². The van der Waals surface area contributed by atoms with Gasteiger partial charge in [-0.05, 0) is 37.5 Å². The molecule has 0 radical (unpaired) electrons. The van der Waals surface area contributed by atoms with Crippen LogP contribution in [0.25, 0.3) is 0 Å². The van der Waals surface area contributed by atoms with Crippen LogP contribution in [-0.2, 0) is 9.59 Å². The predicted octanol–water partition coefficient (Wildman–Crippen LogP) is 2.83. The summed E-state index contributed by atoms with van der Waals surface area (Å²) in [6, 6.07) is 0. The molecule has 0 aromatic heterocycles. The lowest BCUT2D eigenvalue weighted by atomic mass is 10.00. The molecule has 0 aromatic rings. The Morgan fingerprint density at radius 1 is 1.22 bits per heavy atom. The Morgan fingerprint density at radius 2 is 1.78 bits per heavy atom. The maximum absolute atomic E-state index is 12.2. The molecular weight excluding hydrogens is 294 g/mol. The van der Waals surface area contributed by atoms with E-state index in [0.29, 0.717) is 18.4 Å². The number of amides is 2. The zero-order chi connectivity index (χ0) is 13.3. The van der Waals surface area contributed by atoms with Gasteiger partial charge in [0.1, 0.15) is 0 Å². The summed E-state index contributed by atoms with van der Waals surface area (Å²) >= 11 is 3.43. The molecule has 18 heavy (non-hydrogen) atoms. The quantitative estimate of drug-likeness (QED) is 0.578. The fourth-order valence-corrected chi connectivity index (χ4v) is 4.03. The van der Waals surface area contributed by atoms with E-state index in [4.69, 9.17) is 0 Å². The van der Waals surface area contributed by atoms with E-state index in [1.165, 1.54) is 4.90 Å². The van der Waals surface area contributed by atoms with Crippen LogP contribution >= 0.6 is 15.9 Å². The van der Waals surface area contributed by atoms with Crippen LogP contribution in [-0.4, -0.2) is 28.6 Å². The number of carbonyl (C=O) groups is 2. The molecule has 0 spiro atoms. The summed E-state index contributed by atoms with van der Waals surface area (Å²) in [5.41, 5.74) is 0. The smallest absolute Gasteiger partial charge is 0.233 e. The third-order valence-corrected chi connectivity index (χ3v) is 4.87. The van der Waals surface area contributed by atoms with Gasteiger partial charge in [-0.2, -0.15) is 0 Å². The lowest BCUT2D eigenvalue weighted by Crippen LogP contribution is -2.33. The number of imide groups is 1. The Labute approximate surface area is 117 Å². The van der Waals surface area contributed by atoms with Gasteiger partial charge < -0.3 is 0 Å². The zero-order valence-electron chi connectivity index (χ0n) is 11.2. The van der Waals surface area contributed by atoms with Gasteiger partial charge in [-0.3, -0.25) is 14.5 Å². The third kappa shape index (κ3) is 2.63. The average molecular weight is 316 g/mol.